The Bertz CT molecular complexity index is 818. The lowest BCUT2D eigenvalue weighted by molar-refractivity contribution is 0.563. The van der Waals surface area contributed by atoms with E-state index in [0.717, 1.165) is 16.5 Å². The van der Waals surface area contributed by atoms with Crippen LogP contribution in [0.15, 0.2) is 57.7 Å². The average Bonchev–Trinajstić information content (AvgIpc) is 2.37. The number of hydrogen-bond donors (Lipinski definition) is 1. The van der Waals surface area contributed by atoms with Crippen molar-refractivity contribution in [1.82, 2.24) is 0 Å². The van der Waals surface area contributed by atoms with Gasteiger partial charge in [-0.1, -0.05) is 29.8 Å². The molecule has 0 bridgehead atoms. The summed E-state index contributed by atoms with van der Waals surface area (Å²) in [6.07, 6.45) is 0. The Balaban J connectivity index is 2.28. The highest BCUT2D eigenvalue weighted by atomic mass is 16.4. The maximum atomic E-state index is 12.0. The van der Waals surface area contributed by atoms with E-state index in [4.69, 9.17) is 10.2 Å². The highest BCUT2D eigenvalue weighted by molar-refractivity contribution is 5.84. The molecule has 0 spiro atoms. The predicted molar refractivity (Wildman–Crippen MR) is 77.1 cm³/mol. The van der Waals surface area contributed by atoms with E-state index < -0.39 is 0 Å². The molecule has 0 amide bonds. The van der Waals surface area contributed by atoms with Gasteiger partial charge in [0, 0.05) is 17.1 Å². The molecule has 0 radical (unpaired) electrons. The lowest BCUT2D eigenvalue weighted by Crippen LogP contribution is -2.02. The second-order valence-corrected chi connectivity index (χ2v) is 4.61. The molecule has 0 atom stereocenters. The fourth-order valence-corrected chi connectivity index (χ4v) is 2.14. The minimum Gasteiger partial charge on any atom is -0.422 e. The van der Waals surface area contributed by atoms with E-state index in [9.17, 15) is 4.79 Å². The van der Waals surface area contributed by atoms with Crippen LogP contribution in [0.4, 0.5) is 5.69 Å². The molecule has 3 rings (SSSR count). The van der Waals surface area contributed by atoms with Crippen molar-refractivity contribution >= 4 is 16.7 Å². The summed E-state index contributed by atoms with van der Waals surface area (Å²) in [6.45, 7) is 1.99. The van der Waals surface area contributed by atoms with Crippen LogP contribution < -0.4 is 11.4 Å². The summed E-state index contributed by atoms with van der Waals surface area (Å²) in [5.41, 5.74) is 8.98. The number of anilines is 1. The van der Waals surface area contributed by atoms with Gasteiger partial charge >= 0.3 is 5.63 Å². The first-order valence-corrected chi connectivity index (χ1v) is 6.04. The first-order chi connectivity index (χ1) is 9.13. The van der Waals surface area contributed by atoms with E-state index >= 15 is 0 Å². The van der Waals surface area contributed by atoms with Crippen LogP contribution in [0.25, 0.3) is 22.1 Å². The molecule has 0 aliphatic carbocycles. The van der Waals surface area contributed by atoms with Crippen molar-refractivity contribution < 1.29 is 4.42 Å². The van der Waals surface area contributed by atoms with Gasteiger partial charge in [0.1, 0.15) is 5.58 Å². The Kier molecular flexibility index (Phi) is 2.60. The van der Waals surface area contributed by atoms with Gasteiger partial charge in [-0.25, -0.2) is 4.79 Å². The topological polar surface area (TPSA) is 56.2 Å². The number of hydrogen-bond acceptors (Lipinski definition) is 3. The van der Waals surface area contributed by atoms with Crippen molar-refractivity contribution in [2.45, 2.75) is 6.92 Å². The van der Waals surface area contributed by atoms with Crippen LogP contribution in [0.2, 0.25) is 0 Å². The molecule has 1 aromatic heterocycles. The molecule has 0 aliphatic rings. The van der Waals surface area contributed by atoms with Crippen LogP contribution in [-0.2, 0) is 0 Å². The smallest absolute Gasteiger partial charge is 0.344 e. The Morgan fingerprint density at radius 2 is 1.89 bits per heavy atom. The quantitative estimate of drug-likeness (QED) is 0.533. The third-order valence-corrected chi connectivity index (χ3v) is 3.09. The lowest BCUT2D eigenvalue weighted by Gasteiger charge is -2.04. The second kappa shape index (κ2) is 4.28. The fraction of sp³-hybridized carbons (Fsp3) is 0.0625. The molecule has 0 aliphatic heterocycles. The van der Waals surface area contributed by atoms with Gasteiger partial charge in [0.2, 0.25) is 0 Å². The van der Waals surface area contributed by atoms with Crippen LogP contribution in [-0.4, -0.2) is 0 Å². The third-order valence-electron chi connectivity index (χ3n) is 3.09. The van der Waals surface area contributed by atoms with Crippen LogP contribution >= 0.6 is 0 Å². The molecule has 3 heteroatoms. The van der Waals surface area contributed by atoms with Gasteiger partial charge in [-0.3, -0.25) is 0 Å². The highest BCUT2D eigenvalue weighted by Gasteiger charge is 2.08. The normalized spacial score (nSPS) is 10.8. The van der Waals surface area contributed by atoms with Crippen molar-refractivity contribution in [3.05, 3.63) is 64.5 Å². The van der Waals surface area contributed by atoms with Gasteiger partial charge in [0.15, 0.2) is 0 Å². The predicted octanol–water partition coefficient (Wildman–Crippen LogP) is 3.35. The van der Waals surface area contributed by atoms with Crippen molar-refractivity contribution in [1.29, 1.82) is 0 Å². The Morgan fingerprint density at radius 1 is 1.05 bits per heavy atom. The zero-order valence-corrected chi connectivity index (χ0v) is 10.5. The Morgan fingerprint density at radius 3 is 2.68 bits per heavy atom. The first kappa shape index (κ1) is 11.5. The van der Waals surface area contributed by atoms with Crippen molar-refractivity contribution in [2.75, 3.05) is 5.73 Å². The SMILES string of the molecule is Cc1cccc(-c2cc3ccc(N)cc3oc2=O)c1. The summed E-state index contributed by atoms with van der Waals surface area (Å²) in [6, 6.07) is 14.9. The molecule has 2 aromatic carbocycles. The van der Waals surface area contributed by atoms with Crippen LogP contribution in [0.5, 0.6) is 0 Å². The largest absolute Gasteiger partial charge is 0.422 e. The van der Waals surface area contributed by atoms with Gasteiger partial charge in [0.05, 0.1) is 5.56 Å². The van der Waals surface area contributed by atoms with Crippen LogP contribution in [0, 0.1) is 6.92 Å². The van der Waals surface area contributed by atoms with E-state index in [2.05, 4.69) is 0 Å². The molecule has 94 valence electrons. The molecule has 0 unspecified atom stereocenters. The molecular formula is C16H13NO2. The number of aryl methyl sites for hydroxylation is 1. The monoisotopic (exact) mass is 251 g/mol. The van der Waals surface area contributed by atoms with E-state index in [1.165, 1.54) is 0 Å². The average molecular weight is 251 g/mol. The van der Waals surface area contributed by atoms with Gasteiger partial charge in [0.25, 0.3) is 0 Å². The molecule has 1 heterocycles. The van der Waals surface area contributed by atoms with E-state index in [1.807, 2.05) is 43.3 Å². The summed E-state index contributed by atoms with van der Waals surface area (Å²) in [5, 5.41) is 0.866. The van der Waals surface area contributed by atoms with Crippen LogP contribution in [0.1, 0.15) is 5.56 Å². The lowest BCUT2D eigenvalue weighted by atomic mass is 10.0. The van der Waals surface area contributed by atoms with Crippen molar-refractivity contribution in [3.63, 3.8) is 0 Å². The van der Waals surface area contributed by atoms with Gasteiger partial charge in [-0.05, 0) is 30.7 Å². The maximum Gasteiger partial charge on any atom is 0.344 e. The summed E-state index contributed by atoms with van der Waals surface area (Å²) in [5.74, 6) is 0. The Labute approximate surface area is 110 Å². The zero-order valence-electron chi connectivity index (χ0n) is 10.5. The minimum absolute atomic E-state index is 0.344. The fourth-order valence-electron chi connectivity index (χ4n) is 2.14. The standard InChI is InChI=1S/C16H13NO2/c1-10-3-2-4-11(7-10)14-8-12-5-6-13(17)9-15(12)19-16(14)18/h2-9H,17H2,1H3. The summed E-state index contributed by atoms with van der Waals surface area (Å²) >= 11 is 0. The first-order valence-electron chi connectivity index (χ1n) is 6.04. The molecule has 19 heavy (non-hydrogen) atoms. The molecule has 0 saturated carbocycles. The highest BCUT2D eigenvalue weighted by Crippen LogP contribution is 2.23. The van der Waals surface area contributed by atoms with Crippen molar-refractivity contribution in [2.24, 2.45) is 0 Å². The van der Waals surface area contributed by atoms with Gasteiger partial charge < -0.3 is 10.2 Å². The van der Waals surface area contributed by atoms with Gasteiger partial charge in [-0.2, -0.15) is 0 Å². The maximum absolute atomic E-state index is 12.0. The summed E-state index contributed by atoms with van der Waals surface area (Å²) < 4.78 is 5.33. The number of fused-ring (bicyclic) bond motifs is 1. The van der Waals surface area contributed by atoms with Gasteiger partial charge in [-0.15, -0.1) is 0 Å². The molecular weight excluding hydrogens is 238 g/mol. The second-order valence-electron chi connectivity index (χ2n) is 4.61. The number of nitrogen functional groups attached to an aromatic ring is 1. The van der Waals surface area contributed by atoms with E-state index in [-0.39, 0.29) is 5.63 Å². The van der Waals surface area contributed by atoms with Crippen molar-refractivity contribution in [3.8, 4) is 11.1 Å². The number of benzene rings is 2. The van der Waals surface area contributed by atoms with E-state index in [0.29, 0.717) is 16.8 Å². The van der Waals surface area contributed by atoms with E-state index in [1.54, 1.807) is 12.1 Å². The molecule has 3 nitrogen and oxygen atoms in total. The molecule has 2 N–H and O–H groups in total. The summed E-state index contributed by atoms with van der Waals surface area (Å²) in [4.78, 5) is 12.0. The Hall–Kier alpha value is -2.55. The molecule has 0 saturated heterocycles. The number of nitrogens with two attached hydrogens (primary N) is 1. The number of rotatable bonds is 1. The third kappa shape index (κ3) is 2.10. The molecule has 3 aromatic rings. The minimum atomic E-state index is -0.344. The molecule has 0 fully saturated rings. The zero-order chi connectivity index (χ0) is 13.4. The summed E-state index contributed by atoms with van der Waals surface area (Å²) in [7, 11) is 0. The van der Waals surface area contributed by atoms with Crippen LogP contribution in [0.3, 0.4) is 0 Å².